The van der Waals surface area contributed by atoms with Crippen LogP contribution in [0.3, 0.4) is 0 Å². The van der Waals surface area contributed by atoms with E-state index in [0.29, 0.717) is 22.3 Å². The van der Waals surface area contributed by atoms with Crippen LogP contribution in [0.2, 0.25) is 10.0 Å². The number of anilines is 1. The van der Waals surface area contributed by atoms with E-state index in [9.17, 15) is 9.90 Å². The maximum absolute atomic E-state index is 13.0. The summed E-state index contributed by atoms with van der Waals surface area (Å²) in [6.45, 7) is 6.23. The van der Waals surface area contributed by atoms with Gasteiger partial charge in [-0.3, -0.25) is 4.79 Å². The molecule has 2 saturated carbocycles. The van der Waals surface area contributed by atoms with Gasteiger partial charge in [-0.2, -0.15) is 0 Å². The summed E-state index contributed by atoms with van der Waals surface area (Å²) in [6, 6.07) is 1.55. The summed E-state index contributed by atoms with van der Waals surface area (Å²) >= 11 is 11.9. The predicted octanol–water partition coefficient (Wildman–Crippen LogP) is 3.90. The van der Waals surface area contributed by atoms with Gasteiger partial charge in [-0.1, -0.05) is 44.0 Å². The van der Waals surface area contributed by atoms with Crippen LogP contribution in [0.1, 0.15) is 40.0 Å². The number of carbonyl (C=O) groups is 1. The van der Waals surface area contributed by atoms with E-state index in [0.717, 1.165) is 12.8 Å². The Kier molecular flexibility index (Phi) is 3.52. The molecule has 22 heavy (non-hydrogen) atoms. The number of aliphatic hydroxyl groups is 1. The first-order valence-electron chi connectivity index (χ1n) is 7.45. The zero-order valence-corrected chi connectivity index (χ0v) is 14.4. The van der Waals surface area contributed by atoms with Gasteiger partial charge in [0, 0.05) is 6.20 Å². The zero-order chi connectivity index (χ0) is 16.3. The highest BCUT2D eigenvalue weighted by atomic mass is 35.5. The molecular formula is C16H20Cl2N2O2. The summed E-state index contributed by atoms with van der Waals surface area (Å²) in [4.78, 5) is 17.1. The molecule has 0 saturated heterocycles. The molecule has 2 bridgehead atoms. The van der Waals surface area contributed by atoms with E-state index in [2.05, 4.69) is 31.1 Å². The van der Waals surface area contributed by atoms with Crippen LogP contribution in [0, 0.1) is 16.2 Å². The quantitative estimate of drug-likeness (QED) is 0.856. The topological polar surface area (TPSA) is 62.2 Å². The fourth-order valence-electron chi connectivity index (χ4n) is 4.36. The van der Waals surface area contributed by atoms with Crippen molar-refractivity contribution in [2.45, 2.75) is 46.1 Å². The number of hydrogen-bond donors (Lipinski definition) is 2. The van der Waals surface area contributed by atoms with Crippen LogP contribution in [0.4, 0.5) is 5.82 Å². The first kappa shape index (κ1) is 16.0. The number of aliphatic hydroxyl groups excluding tert-OH is 1. The smallest absolute Gasteiger partial charge is 0.232 e. The van der Waals surface area contributed by atoms with Gasteiger partial charge in [0.05, 0.1) is 21.6 Å². The van der Waals surface area contributed by atoms with E-state index in [1.165, 1.54) is 6.20 Å². The number of nitrogens with one attached hydrogen (secondary N) is 1. The molecule has 2 fully saturated rings. The number of nitrogens with zero attached hydrogens (tertiary/aromatic N) is 1. The molecule has 0 spiro atoms. The standard InChI is InChI=1S/C16H20Cl2N2O2/c1-14(2)15(3)4-5-16(14,7-11(15)21)13(22)20-12-10(18)6-9(17)8-19-12/h6,8,11,21H,4-5,7H2,1-3H3,(H,19,20,22)/t11-,15+,16-/m0/s1. The Bertz CT molecular complexity index is 649. The summed E-state index contributed by atoms with van der Waals surface area (Å²) in [5.41, 5.74) is -1.12. The number of pyridine rings is 1. The lowest BCUT2D eigenvalue weighted by Crippen LogP contribution is -2.43. The normalized spacial score (nSPS) is 35.6. The Hall–Kier alpha value is -0.840. The van der Waals surface area contributed by atoms with Gasteiger partial charge in [0.25, 0.3) is 0 Å². The van der Waals surface area contributed by atoms with Gasteiger partial charge in [-0.15, -0.1) is 0 Å². The fourth-order valence-corrected chi connectivity index (χ4v) is 4.79. The van der Waals surface area contributed by atoms with Gasteiger partial charge in [-0.25, -0.2) is 4.98 Å². The van der Waals surface area contributed by atoms with Crippen LogP contribution < -0.4 is 5.32 Å². The average Bonchev–Trinajstić information content (AvgIpc) is 2.72. The fraction of sp³-hybridized carbons (Fsp3) is 0.625. The van der Waals surface area contributed by atoms with Crippen molar-refractivity contribution in [3.63, 3.8) is 0 Å². The minimum atomic E-state index is -0.591. The number of carbonyl (C=O) groups excluding carboxylic acids is 1. The molecule has 2 aliphatic carbocycles. The van der Waals surface area contributed by atoms with E-state index in [-0.39, 0.29) is 16.7 Å². The second-order valence-corrected chi connectivity index (χ2v) is 8.13. The highest BCUT2D eigenvalue weighted by Crippen LogP contribution is 2.72. The highest BCUT2D eigenvalue weighted by molar-refractivity contribution is 6.36. The van der Waals surface area contributed by atoms with E-state index in [1.807, 2.05) is 0 Å². The largest absolute Gasteiger partial charge is 0.393 e. The number of amides is 1. The first-order chi connectivity index (χ1) is 10.1. The molecule has 3 atom stereocenters. The second-order valence-electron chi connectivity index (χ2n) is 7.28. The number of fused-ring (bicyclic) bond motifs is 2. The van der Waals surface area contributed by atoms with Crippen molar-refractivity contribution >= 4 is 34.9 Å². The van der Waals surface area contributed by atoms with Crippen molar-refractivity contribution < 1.29 is 9.90 Å². The molecule has 0 aromatic carbocycles. The molecule has 6 heteroatoms. The summed E-state index contributed by atoms with van der Waals surface area (Å²) in [5.74, 6) is 0.200. The molecule has 0 radical (unpaired) electrons. The van der Waals surface area contributed by atoms with Gasteiger partial charge in [-0.05, 0) is 36.2 Å². The Labute approximate surface area is 140 Å². The van der Waals surface area contributed by atoms with E-state index < -0.39 is 11.5 Å². The average molecular weight is 343 g/mol. The van der Waals surface area contributed by atoms with Crippen molar-refractivity contribution in [1.29, 1.82) is 0 Å². The third kappa shape index (κ3) is 1.87. The van der Waals surface area contributed by atoms with Crippen LogP contribution in [-0.4, -0.2) is 22.1 Å². The maximum Gasteiger partial charge on any atom is 0.232 e. The molecule has 120 valence electrons. The Morgan fingerprint density at radius 1 is 1.36 bits per heavy atom. The number of rotatable bonds is 2. The van der Waals surface area contributed by atoms with Crippen LogP contribution >= 0.6 is 23.2 Å². The van der Waals surface area contributed by atoms with Crippen molar-refractivity contribution in [3.05, 3.63) is 22.3 Å². The van der Waals surface area contributed by atoms with Crippen LogP contribution in [0.5, 0.6) is 0 Å². The summed E-state index contributed by atoms with van der Waals surface area (Å²) in [6.07, 6.45) is 3.08. The van der Waals surface area contributed by atoms with Crippen LogP contribution in [0.15, 0.2) is 12.3 Å². The van der Waals surface area contributed by atoms with Crippen LogP contribution in [0.25, 0.3) is 0 Å². The van der Waals surface area contributed by atoms with Crippen molar-refractivity contribution in [3.8, 4) is 0 Å². The number of halogens is 2. The van der Waals surface area contributed by atoms with Crippen molar-refractivity contribution in [1.82, 2.24) is 4.98 Å². The van der Waals surface area contributed by atoms with Crippen molar-refractivity contribution in [2.75, 3.05) is 5.32 Å². The molecular weight excluding hydrogens is 323 g/mol. The lowest BCUT2D eigenvalue weighted by molar-refractivity contribution is -0.130. The van der Waals surface area contributed by atoms with Gasteiger partial charge in [0.1, 0.15) is 0 Å². The van der Waals surface area contributed by atoms with Gasteiger partial charge in [0.2, 0.25) is 5.91 Å². The molecule has 1 heterocycles. The monoisotopic (exact) mass is 342 g/mol. The number of aromatic nitrogens is 1. The minimum Gasteiger partial charge on any atom is -0.393 e. The molecule has 1 aromatic heterocycles. The zero-order valence-electron chi connectivity index (χ0n) is 12.9. The van der Waals surface area contributed by atoms with Gasteiger partial charge in [0.15, 0.2) is 5.82 Å². The lowest BCUT2D eigenvalue weighted by atomic mass is 9.64. The van der Waals surface area contributed by atoms with E-state index in [4.69, 9.17) is 23.2 Å². The molecule has 2 N–H and O–H groups in total. The molecule has 1 aromatic rings. The molecule has 0 aliphatic heterocycles. The van der Waals surface area contributed by atoms with Crippen molar-refractivity contribution in [2.24, 2.45) is 16.2 Å². The third-order valence-corrected chi connectivity index (χ3v) is 6.94. The molecule has 1 amide bonds. The van der Waals surface area contributed by atoms with E-state index in [1.54, 1.807) is 6.07 Å². The third-order valence-electron chi connectivity index (χ3n) is 6.45. The minimum absolute atomic E-state index is 0.116. The molecule has 3 rings (SSSR count). The van der Waals surface area contributed by atoms with Gasteiger partial charge >= 0.3 is 0 Å². The van der Waals surface area contributed by atoms with Crippen LogP contribution in [-0.2, 0) is 4.79 Å². The highest BCUT2D eigenvalue weighted by Gasteiger charge is 2.72. The second kappa shape index (κ2) is 4.83. The molecule has 4 nitrogen and oxygen atoms in total. The molecule has 0 unspecified atom stereocenters. The molecule has 2 aliphatic rings. The summed E-state index contributed by atoms with van der Waals surface area (Å²) in [5, 5.41) is 14.0. The Morgan fingerprint density at radius 3 is 2.55 bits per heavy atom. The predicted molar refractivity (Wildman–Crippen MR) is 87.1 cm³/mol. The maximum atomic E-state index is 13.0. The first-order valence-corrected chi connectivity index (χ1v) is 8.20. The summed E-state index contributed by atoms with van der Waals surface area (Å²) in [7, 11) is 0. The Morgan fingerprint density at radius 2 is 2.05 bits per heavy atom. The summed E-state index contributed by atoms with van der Waals surface area (Å²) < 4.78 is 0. The van der Waals surface area contributed by atoms with E-state index >= 15 is 0 Å². The SMILES string of the molecule is CC1(C)[C@@]2(C(=O)Nc3ncc(Cl)cc3Cl)CC[C@]1(C)[C@@H](O)C2. The Balaban J connectivity index is 1.93. The van der Waals surface area contributed by atoms with Gasteiger partial charge < -0.3 is 10.4 Å². The lowest BCUT2D eigenvalue weighted by Gasteiger charge is -2.40. The number of hydrogen-bond acceptors (Lipinski definition) is 3.